The Hall–Kier alpha value is -0.0800. The summed E-state index contributed by atoms with van der Waals surface area (Å²) in [7, 11) is 0. The van der Waals surface area contributed by atoms with Gasteiger partial charge in [0, 0.05) is 6.42 Å². The summed E-state index contributed by atoms with van der Waals surface area (Å²) in [6.45, 7) is 0.862. The standard InChI is InChI=1S/C3H7NO/c4-3-1-2-5-3/h3H,1-2,4H2. The minimum atomic E-state index is 0.0648. The van der Waals surface area contributed by atoms with E-state index in [4.69, 9.17) is 10.5 Å². The molecule has 1 heterocycles. The third-order valence-corrected chi connectivity index (χ3v) is 0.734. The first kappa shape index (κ1) is 3.12. The van der Waals surface area contributed by atoms with Crippen molar-refractivity contribution in [3.05, 3.63) is 0 Å². The molecular formula is C3H7NO. The molecule has 2 heteroatoms. The van der Waals surface area contributed by atoms with Crippen LogP contribution in [0.1, 0.15) is 6.42 Å². The Morgan fingerprint density at radius 2 is 2.20 bits per heavy atom. The molecule has 2 nitrogen and oxygen atoms in total. The second kappa shape index (κ2) is 0.954. The number of hydrogen-bond acceptors (Lipinski definition) is 2. The van der Waals surface area contributed by atoms with Gasteiger partial charge in [-0.1, -0.05) is 0 Å². The first-order chi connectivity index (χ1) is 2.39. The molecule has 0 aromatic rings. The molecule has 1 aliphatic rings. The van der Waals surface area contributed by atoms with Crippen molar-refractivity contribution in [2.24, 2.45) is 5.73 Å². The van der Waals surface area contributed by atoms with Gasteiger partial charge in [-0.3, -0.25) is 0 Å². The second-order valence-corrected chi connectivity index (χ2v) is 1.20. The van der Waals surface area contributed by atoms with E-state index >= 15 is 0 Å². The van der Waals surface area contributed by atoms with E-state index < -0.39 is 0 Å². The summed E-state index contributed by atoms with van der Waals surface area (Å²) < 4.78 is 4.71. The Kier molecular flexibility index (Phi) is 0.596. The van der Waals surface area contributed by atoms with Gasteiger partial charge in [0.15, 0.2) is 0 Å². The van der Waals surface area contributed by atoms with E-state index in [2.05, 4.69) is 0 Å². The molecule has 0 radical (unpaired) electrons. The quantitative estimate of drug-likeness (QED) is 0.427. The highest BCUT2D eigenvalue weighted by Gasteiger charge is 2.09. The molecule has 0 spiro atoms. The smallest absolute Gasteiger partial charge is 0.107 e. The van der Waals surface area contributed by atoms with Gasteiger partial charge in [-0.05, 0) is 0 Å². The largest absolute Gasteiger partial charge is 0.363 e. The van der Waals surface area contributed by atoms with Crippen LogP contribution in [0.15, 0.2) is 0 Å². The fourth-order valence-corrected chi connectivity index (χ4v) is 0.254. The molecule has 1 rings (SSSR count). The number of hydrogen-bond donors (Lipinski definition) is 1. The predicted octanol–water partition coefficient (Wildman–Crippen LogP) is -0.309. The molecule has 5 heavy (non-hydrogen) atoms. The number of nitrogens with two attached hydrogens (primary N) is 1. The van der Waals surface area contributed by atoms with Gasteiger partial charge in [-0.15, -0.1) is 0 Å². The average molecular weight is 73.1 g/mol. The van der Waals surface area contributed by atoms with Gasteiger partial charge in [-0.2, -0.15) is 0 Å². The van der Waals surface area contributed by atoms with Crippen molar-refractivity contribution in [2.75, 3.05) is 6.61 Å². The van der Waals surface area contributed by atoms with E-state index in [-0.39, 0.29) is 6.23 Å². The van der Waals surface area contributed by atoms with Crippen LogP contribution in [0, 0.1) is 0 Å². The van der Waals surface area contributed by atoms with E-state index in [0.717, 1.165) is 13.0 Å². The second-order valence-electron chi connectivity index (χ2n) is 1.20. The average Bonchev–Trinajstić information content (AvgIpc) is 1.30. The number of ether oxygens (including phenoxy) is 1. The Morgan fingerprint density at radius 3 is 2.20 bits per heavy atom. The maximum Gasteiger partial charge on any atom is 0.107 e. The molecule has 1 aliphatic heterocycles. The maximum atomic E-state index is 5.16. The van der Waals surface area contributed by atoms with Crippen LogP contribution in [-0.2, 0) is 4.74 Å². The minimum absolute atomic E-state index is 0.0648. The molecule has 0 aromatic heterocycles. The van der Waals surface area contributed by atoms with Gasteiger partial charge >= 0.3 is 0 Å². The van der Waals surface area contributed by atoms with E-state index in [1.807, 2.05) is 0 Å². The van der Waals surface area contributed by atoms with Crippen molar-refractivity contribution in [3.63, 3.8) is 0 Å². The molecule has 0 bridgehead atoms. The summed E-state index contributed by atoms with van der Waals surface area (Å²) in [6.07, 6.45) is 1.11. The maximum absolute atomic E-state index is 5.16. The summed E-state index contributed by atoms with van der Waals surface area (Å²) in [5.41, 5.74) is 5.16. The van der Waals surface area contributed by atoms with Crippen LogP contribution in [0.5, 0.6) is 0 Å². The molecule has 1 atom stereocenters. The summed E-state index contributed by atoms with van der Waals surface area (Å²) in [5.74, 6) is 0. The van der Waals surface area contributed by atoms with Crippen LogP contribution >= 0.6 is 0 Å². The van der Waals surface area contributed by atoms with Crippen LogP contribution in [0.4, 0.5) is 0 Å². The third-order valence-electron chi connectivity index (χ3n) is 0.734. The Bertz CT molecular complexity index is 33.9. The summed E-state index contributed by atoms with van der Waals surface area (Å²) in [5, 5.41) is 0. The highest BCUT2D eigenvalue weighted by Crippen LogP contribution is 2.01. The summed E-state index contributed by atoms with van der Waals surface area (Å²) >= 11 is 0. The zero-order valence-electron chi connectivity index (χ0n) is 2.98. The summed E-state index contributed by atoms with van der Waals surface area (Å²) in [6, 6.07) is 0. The molecule has 1 saturated heterocycles. The minimum Gasteiger partial charge on any atom is -0.363 e. The Balaban J connectivity index is 2.08. The van der Waals surface area contributed by atoms with Crippen LogP contribution < -0.4 is 5.73 Å². The van der Waals surface area contributed by atoms with Crippen LogP contribution in [0.2, 0.25) is 0 Å². The molecule has 1 unspecified atom stereocenters. The van der Waals surface area contributed by atoms with Crippen LogP contribution in [0.3, 0.4) is 0 Å². The van der Waals surface area contributed by atoms with E-state index in [1.54, 1.807) is 0 Å². The third kappa shape index (κ3) is 0.412. The van der Waals surface area contributed by atoms with Gasteiger partial charge < -0.3 is 10.5 Å². The number of rotatable bonds is 0. The molecule has 0 saturated carbocycles. The Morgan fingerprint density at radius 1 is 1.80 bits per heavy atom. The van der Waals surface area contributed by atoms with Crippen LogP contribution in [-0.4, -0.2) is 12.8 Å². The lowest BCUT2D eigenvalue weighted by atomic mass is 10.3. The molecule has 2 N–H and O–H groups in total. The molecule has 1 fully saturated rings. The highest BCUT2D eigenvalue weighted by atomic mass is 16.5. The normalized spacial score (nSPS) is 36.6. The monoisotopic (exact) mass is 73.1 g/mol. The lowest BCUT2D eigenvalue weighted by Gasteiger charge is -2.20. The summed E-state index contributed by atoms with van der Waals surface area (Å²) in [4.78, 5) is 0. The van der Waals surface area contributed by atoms with E-state index in [0.29, 0.717) is 0 Å². The van der Waals surface area contributed by atoms with Crippen molar-refractivity contribution < 1.29 is 4.74 Å². The van der Waals surface area contributed by atoms with Crippen LogP contribution in [0.25, 0.3) is 0 Å². The van der Waals surface area contributed by atoms with Crippen molar-refractivity contribution >= 4 is 0 Å². The zero-order chi connectivity index (χ0) is 3.70. The highest BCUT2D eigenvalue weighted by molar-refractivity contribution is 4.55. The fraction of sp³-hybridized carbons (Fsp3) is 1.00. The first-order valence-corrected chi connectivity index (χ1v) is 1.77. The molecule has 0 amide bonds. The first-order valence-electron chi connectivity index (χ1n) is 1.77. The van der Waals surface area contributed by atoms with Gasteiger partial charge in [0.05, 0.1) is 6.61 Å². The van der Waals surface area contributed by atoms with E-state index in [1.165, 1.54) is 0 Å². The molecule has 0 aromatic carbocycles. The Labute approximate surface area is 30.9 Å². The van der Waals surface area contributed by atoms with Gasteiger partial charge in [0.2, 0.25) is 0 Å². The predicted molar refractivity (Wildman–Crippen MR) is 18.5 cm³/mol. The lowest BCUT2D eigenvalue weighted by molar-refractivity contribution is -0.0455. The van der Waals surface area contributed by atoms with Gasteiger partial charge in [0.25, 0.3) is 0 Å². The molecule has 30 valence electrons. The van der Waals surface area contributed by atoms with Crippen molar-refractivity contribution in [2.45, 2.75) is 12.6 Å². The lowest BCUT2D eigenvalue weighted by Crippen LogP contribution is -2.34. The van der Waals surface area contributed by atoms with Gasteiger partial charge in [-0.25, -0.2) is 0 Å². The van der Waals surface area contributed by atoms with E-state index in [9.17, 15) is 0 Å². The molecule has 0 aliphatic carbocycles. The van der Waals surface area contributed by atoms with Crippen molar-refractivity contribution in [3.8, 4) is 0 Å². The topological polar surface area (TPSA) is 35.2 Å². The SMILES string of the molecule is NC1CCO1. The fourth-order valence-electron chi connectivity index (χ4n) is 0.254. The molecular weight excluding hydrogens is 66.0 g/mol. The zero-order valence-corrected chi connectivity index (χ0v) is 2.98. The van der Waals surface area contributed by atoms with Crippen molar-refractivity contribution in [1.82, 2.24) is 0 Å². The van der Waals surface area contributed by atoms with Crippen molar-refractivity contribution in [1.29, 1.82) is 0 Å². The van der Waals surface area contributed by atoms with Gasteiger partial charge in [0.1, 0.15) is 6.23 Å².